The number of carboxylic acid groups (broad SMARTS) is 1. The molecule has 1 aliphatic heterocycles. The number of ketones is 1. The summed E-state index contributed by atoms with van der Waals surface area (Å²) >= 11 is 0. The molecule has 1 aromatic rings. The summed E-state index contributed by atoms with van der Waals surface area (Å²) in [5, 5.41) is 11.3. The maximum absolute atomic E-state index is 12.7. The highest BCUT2D eigenvalue weighted by Crippen LogP contribution is 2.32. The van der Waals surface area contributed by atoms with E-state index in [9.17, 15) is 14.4 Å². The molecule has 1 aliphatic carbocycles. The van der Waals surface area contributed by atoms with Gasteiger partial charge in [-0.25, -0.2) is 4.79 Å². The van der Waals surface area contributed by atoms with Crippen LogP contribution in [0.2, 0.25) is 0 Å². The van der Waals surface area contributed by atoms with E-state index in [0.717, 1.165) is 50.1 Å². The standard InChI is InChI=1S/C24H35N3O5/c1-3-4-21(25-24(30)31)23(29)27-14-12-26(13-15-27)17(2)11-16-32-20-9-7-19(8-10-20)22(28)18-5-6-18/h7-10,17-18,21,25H,3-6,11-16H2,1-2H3,(H,30,31)/t17-,21?/m1/s1. The van der Waals surface area contributed by atoms with Gasteiger partial charge in [0.1, 0.15) is 11.8 Å². The van der Waals surface area contributed by atoms with Crippen LogP contribution in [0.5, 0.6) is 5.75 Å². The minimum Gasteiger partial charge on any atom is -0.494 e. The van der Waals surface area contributed by atoms with E-state index < -0.39 is 12.1 Å². The maximum Gasteiger partial charge on any atom is 0.405 e. The third kappa shape index (κ3) is 6.69. The minimum atomic E-state index is -1.16. The number of ether oxygens (including phenoxy) is 1. The third-order valence-electron chi connectivity index (χ3n) is 6.31. The van der Waals surface area contributed by atoms with Gasteiger partial charge in [0.05, 0.1) is 6.61 Å². The molecule has 32 heavy (non-hydrogen) atoms. The Labute approximate surface area is 189 Å². The van der Waals surface area contributed by atoms with E-state index in [4.69, 9.17) is 9.84 Å². The number of nitrogens with one attached hydrogen (secondary N) is 1. The highest BCUT2D eigenvalue weighted by atomic mass is 16.5. The van der Waals surface area contributed by atoms with E-state index in [1.54, 1.807) is 4.90 Å². The van der Waals surface area contributed by atoms with Crippen molar-refractivity contribution in [3.63, 3.8) is 0 Å². The first-order chi connectivity index (χ1) is 15.4. The number of Topliss-reactive ketones (excluding diaryl/α,β-unsaturated/α-hetero) is 1. The molecule has 1 heterocycles. The molecule has 1 saturated carbocycles. The summed E-state index contributed by atoms with van der Waals surface area (Å²) in [5.74, 6) is 1.10. The van der Waals surface area contributed by atoms with Gasteiger partial charge in [0.15, 0.2) is 5.78 Å². The second-order valence-electron chi connectivity index (χ2n) is 8.80. The summed E-state index contributed by atoms with van der Waals surface area (Å²) in [6.07, 6.45) is 2.97. The summed E-state index contributed by atoms with van der Waals surface area (Å²) in [7, 11) is 0. The fourth-order valence-electron chi connectivity index (χ4n) is 4.13. The largest absolute Gasteiger partial charge is 0.494 e. The molecule has 2 aliphatic rings. The third-order valence-corrected chi connectivity index (χ3v) is 6.31. The molecule has 2 atom stereocenters. The number of amides is 2. The first-order valence-electron chi connectivity index (χ1n) is 11.7. The summed E-state index contributed by atoms with van der Waals surface area (Å²) in [4.78, 5) is 39.8. The van der Waals surface area contributed by atoms with Crippen LogP contribution in [0.25, 0.3) is 0 Å². The Morgan fingerprint density at radius 1 is 1.09 bits per heavy atom. The predicted molar refractivity (Wildman–Crippen MR) is 121 cm³/mol. The van der Waals surface area contributed by atoms with Crippen molar-refractivity contribution in [3.05, 3.63) is 29.8 Å². The molecule has 176 valence electrons. The molecular formula is C24H35N3O5. The Balaban J connectivity index is 1.38. The van der Waals surface area contributed by atoms with E-state index in [1.807, 2.05) is 31.2 Å². The Morgan fingerprint density at radius 2 is 1.75 bits per heavy atom. The summed E-state index contributed by atoms with van der Waals surface area (Å²) in [5.41, 5.74) is 0.764. The Hall–Kier alpha value is -2.61. The van der Waals surface area contributed by atoms with Crippen molar-refractivity contribution in [2.24, 2.45) is 5.92 Å². The molecule has 0 bridgehead atoms. The van der Waals surface area contributed by atoms with Crippen LogP contribution in [0.4, 0.5) is 4.79 Å². The van der Waals surface area contributed by atoms with Crippen molar-refractivity contribution < 1.29 is 24.2 Å². The molecule has 0 aromatic heterocycles. The SMILES string of the molecule is CCCC(NC(=O)O)C(=O)N1CCN([C@H](C)CCOc2ccc(C(=O)C3CC3)cc2)CC1. The number of carbonyl (C=O) groups excluding carboxylic acids is 2. The molecule has 1 saturated heterocycles. The monoisotopic (exact) mass is 445 g/mol. The number of carbonyl (C=O) groups is 3. The normalized spacial score (nSPS) is 18.6. The zero-order chi connectivity index (χ0) is 23.1. The van der Waals surface area contributed by atoms with Crippen LogP contribution in [0.1, 0.15) is 56.3 Å². The molecule has 2 fully saturated rings. The van der Waals surface area contributed by atoms with Crippen LogP contribution in [-0.4, -0.2) is 77.6 Å². The number of nitrogens with zero attached hydrogens (tertiary/aromatic N) is 2. The number of benzene rings is 1. The van der Waals surface area contributed by atoms with Gasteiger partial charge in [-0.1, -0.05) is 13.3 Å². The van der Waals surface area contributed by atoms with Gasteiger partial charge in [-0.05, 0) is 56.9 Å². The predicted octanol–water partition coefficient (Wildman–Crippen LogP) is 3.02. The van der Waals surface area contributed by atoms with Crippen LogP contribution in [0, 0.1) is 5.92 Å². The van der Waals surface area contributed by atoms with Gasteiger partial charge in [0.2, 0.25) is 5.91 Å². The summed E-state index contributed by atoms with van der Waals surface area (Å²) in [6, 6.07) is 7.07. The van der Waals surface area contributed by atoms with E-state index in [-0.39, 0.29) is 17.6 Å². The highest BCUT2D eigenvalue weighted by Gasteiger charge is 2.30. The molecule has 8 nitrogen and oxygen atoms in total. The van der Waals surface area contributed by atoms with Crippen LogP contribution in [-0.2, 0) is 4.79 Å². The summed E-state index contributed by atoms with van der Waals surface area (Å²) < 4.78 is 5.87. The second-order valence-corrected chi connectivity index (χ2v) is 8.80. The first kappa shape index (κ1) is 24.0. The maximum atomic E-state index is 12.7. The molecule has 1 aromatic carbocycles. The quantitative estimate of drug-likeness (QED) is 0.508. The summed E-state index contributed by atoms with van der Waals surface area (Å²) in [6.45, 7) is 7.40. The Kier molecular flexibility index (Phi) is 8.50. The average Bonchev–Trinajstić information content (AvgIpc) is 3.63. The molecule has 8 heteroatoms. The lowest BCUT2D eigenvalue weighted by Crippen LogP contribution is -2.56. The Bertz CT molecular complexity index is 785. The van der Waals surface area contributed by atoms with Crippen molar-refractivity contribution in [2.45, 2.75) is 58.0 Å². The lowest BCUT2D eigenvalue weighted by molar-refractivity contribution is -0.135. The van der Waals surface area contributed by atoms with Crippen LogP contribution in [0.15, 0.2) is 24.3 Å². The van der Waals surface area contributed by atoms with Crippen molar-refractivity contribution in [3.8, 4) is 5.75 Å². The van der Waals surface area contributed by atoms with E-state index >= 15 is 0 Å². The topological polar surface area (TPSA) is 99.2 Å². The Morgan fingerprint density at radius 3 is 2.31 bits per heavy atom. The zero-order valence-corrected chi connectivity index (χ0v) is 19.1. The fraction of sp³-hybridized carbons (Fsp3) is 0.625. The van der Waals surface area contributed by atoms with Crippen LogP contribution >= 0.6 is 0 Å². The molecule has 1 unspecified atom stereocenters. The van der Waals surface area contributed by atoms with Crippen LogP contribution in [0.3, 0.4) is 0 Å². The van der Waals surface area contributed by atoms with Gasteiger partial charge in [0.25, 0.3) is 0 Å². The number of piperazine rings is 1. The first-order valence-corrected chi connectivity index (χ1v) is 11.7. The van der Waals surface area contributed by atoms with Crippen molar-refractivity contribution >= 4 is 17.8 Å². The molecule has 2 amide bonds. The lowest BCUT2D eigenvalue weighted by Gasteiger charge is -2.39. The van der Waals surface area contributed by atoms with Gasteiger partial charge < -0.3 is 20.1 Å². The molecule has 0 spiro atoms. The lowest BCUT2D eigenvalue weighted by atomic mass is 10.1. The molecule has 0 radical (unpaired) electrons. The zero-order valence-electron chi connectivity index (χ0n) is 19.1. The average molecular weight is 446 g/mol. The number of hydrogen-bond donors (Lipinski definition) is 2. The van der Waals surface area contributed by atoms with E-state index in [2.05, 4.69) is 17.1 Å². The van der Waals surface area contributed by atoms with Crippen molar-refractivity contribution in [1.82, 2.24) is 15.1 Å². The molecule has 3 rings (SSSR count). The van der Waals surface area contributed by atoms with Gasteiger partial charge >= 0.3 is 6.09 Å². The minimum absolute atomic E-state index is 0.131. The van der Waals surface area contributed by atoms with Gasteiger partial charge in [-0.3, -0.25) is 14.5 Å². The molecule has 2 N–H and O–H groups in total. The van der Waals surface area contributed by atoms with Crippen molar-refractivity contribution in [2.75, 3.05) is 32.8 Å². The van der Waals surface area contributed by atoms with Gasteiger partial charge in [-0.15, -0.1) is 0 Å². The highest BCUT2D eigenvalue weighted by molar-refractivity contribution is 5.99. The van der Waals surface area contributed by atoms with E-state index in [1.165, 1.54) is 0 Å². The van der Waals surface area contributed by atoms with Gasteiger partial charge in [0, 0.05) is 43.7 Å². The van der Waals surface area contributed by atoms with Crippen LogP contribution < -0.4 is 10.1 Å². The van der Waals surface area contributed by atoms with Crippen molar-refractivity contribution in [1.29, 1.82) is 0 Å². The van der Waals surface area contributed by atoms with Gasteiger partial charge in [-0.2, -0.15) is 0 Å². The van der Waals surface area contributed by atoms with E-state index in [0.29, 0.717) is 32.2 Å². The molecular weight excluding hydrogens is 410 g/mol. The smallest absolute Gasteiger partial charge is 0.405 e. The number of hydrogen-bond acceptors (Lipinski definition) is 5. The number of rotatable bonds is 11. The second kappa shape index (κ2) is 11.3. The fourth-order valence-corrected chi connectivity index (χ4v) is 4.13.